The van der Waals surface area contributed by atoms with Gasteiger partial charge in [0, 0.05) is 42.4 Å². The molecular weight excluding hydrogens is 368 g/mol. The lowest BCUT2D eigenvalue weighted by molar-refractivity contribution is -0.152. The van der Waals surface area contributed by atoms with Gasteiger partial charge >= 0.3 is 5.97 Å². The van der Waals surface area contributed by atoms with Crippen molar-refractivity contribution in [3.8, 4) is 0 Å². The van der Waals surface area contributed by atoms with Crippen molar-refractivity contribution in [2.45, 2.75) is 34.9 Å². The fraction of sp³-hybridized carbons (Fsp3) is 0.438. The van der Waals surface area contributed by atoms with E-state index in [4.69, 9.17) is 16.3 Å². The first-order valence-corrected chi connectivity index (χ1v) is 9.05. The summed E-state index contributed by atoms with van der Waals surface area (Å²) >= 11 is 7.18. The van der Waals surface area contributed by atoms with E-state index in [1.165, 1.54) is 11.8 Å². The van der Waals surface area contributed by atoms with Crippen molar-refractivity contribution in [3.05, 3.63) is 23.2 Å². The molecular formula is C16H17ClN2O5S. The fourth-order valence-electron chi connectivity index (χ4n) is 2.86. The summed E-state index contributed by atoms with van der Waals surface area (Å²) in [6.07, 6.45) is 0.313. The number of anilines is 1. The third-order valence-electron chi connectivity index (χ3n) is 4.27. The molecule has 0 radical (unpaired) electrons. The largest absolute Gasteiger partial charge is 0.480 e. The predicted molar refractivity (Wildman–Crippen MR) is 92.9 cm³/mol. The van der Waals surface area contributed by atoms with Gasteiger partial charge in [0.1, 0.15) is 5.54 Å². The Morgan fingerprint density at radius 1 is 1.40 bits per heavy atom. The smallest absolute Gasteiger partial charge is 0.329 e. The second kappa shape index (κ2) is 7.23. The van der Waals surface area contributed by atoms with Crippen LogP contribution in [0.25, 0.3) is 0 Å². The van der Waals surface area contributed by atoms with Gasteiger partial charge in [0.25, 0.3) is 0 Å². The van der Waals surface area contributed by atoms with Crippen LogP contribution < -0.4 is 10.6 Å². The Labute approximate surface area is 153 Å². The lowest BCUT2D eigenvalue weighted by Crippen LogP contribution is -2.58. The number of amides is 2. The van der Waals surface area contributed by atoms with Crippen LogP contribution >= 0.6 is 23.4 Å². The monoisotopic (exact) mass is 384 g/mol. The Bertz CT molecular complexity index is 720. The van der Waals surface area contributed by atoms with Gasteiger partial charge in [0.15, 0.2) is 0 Å². The van der Waals surface area contributed by atoms with Crippen molar-refractivity contribution in [1.29, 1.82) is 0 Å². The Hall–Kier alpha value is -1.77. The van der Waals surface area contributed by atoms with E-state index in [0.717, 1.165) is 4.90 Å². The van der Waals surface area contributed by atoms with E-state index in [0.29, 0.717) is 10.7 Å². The van der Waals surface area contributed by atoms with E-state index in [9.17, 15) is 19.5 Å². The van der Waals surface area contributed by atoms with Gasteiger partial charge in [0.2, 0.25) is 11.8 Å². The Kier molecular flexibility index (Phi) is 5.21. The molecule has 1 aromatic rings. The van der Waals surface area contributed by atoms with Gasteiger partial charge < -0.3 is 20.5 Å². The van der Waals surface area contributed by atoms with Gasteiger partial charge in [-0.3, -0.25) is 9.59 Å². The second-order valence-electron chi connectivity index (χ2n) is 5.99. The zero-order valence-electron chi connectivity index (χ0n) is 13.2. The number of benzene rings is 1. The van der Waals surface area contributed by atoms with E-state index < -0.39 is 22.7 Å². The van der Waals surface area contributed by atoms with E-state index >= 15 is 0 Å². The highest BCUT2D eigenvalue weighted by molar-refractivity contribution is 8.01. The van der Waals surface area contributed by atoms with Gasteiger partial charge in [-0.25, -0.2) is 4.79 Å². The van der Waals surface area contributed by atoms with Crippen LogP contribution in [0.4, 0.5) is 5.69 Å². The standard InChI is InChI=1S/C16H17ClN2O5S/c17-9-1-2-11-10(7-9)18-14(21)12(25-11)8-13(20)19-16(15(22)23)3-5-24-6-4-16/h1-2,7,12H,3-6,8H2,(H,18,21)(H,19,20)(H,22,23). The maximum Gasteiger partial charge on any atom is 0.329 e. The molecule has 0 bridgehead atoms. The SMILES string of the molecule is O=C(CC1Sc2ccc(Cl)cc2NC1=O)NC1(C(=O)O)CCOCC1. The molecule has 2 aliphatic heterocycles. The van der Waals surface area contributed by atoms with E-state index in [1.807, 2.05) is 0 Å². The molecule has 1 atom stereocenters. The molecule has 1 unspecified atom stereocenters. The van der Waals surface area contributed by atoms with Gasteiger partial charge in [-0.2, -0.15) is 0 Å². The van der Waals surface area contributed by atoms with Crippen LogP contribution in [0.5, 0.6) is 0 Å². The van der Waals surface area contributed by atoms with Crippen molar-refractivity contribution >= 4 is 46.8 Å². The minimum Gasteiger partial charge on any atom is -0.480 e. The van der Waals surface area contributed by atoms with Crippen LogP contribution in [0.3, 0.4) is 0 Å². The molecule has 1 saturated heterocycles. The summed E-state index contributed by atoms with van der Waals surface area (Å²) in [4.78, 5) is 37.0. The summed E-state index contributed by atoms with van der Waals surface area (Å²) in [6, 6.07) is 5.15. The Morgan fingerprint density at radius 3 is 2.80 bits per heavy atom. The Morgan fingerprint density at radius 2 is 2.12 bits per heavy atom. The van der Waals surface area contributed by atoms with Crippen molar-refractivity contribution in [2.75, 3.05) is 18.5 Å². The minimum atomic E-state index is -1.32. The number of fused-ring (bicyclic) bond motifs is 1. The summed E-state index contributed by atoms with van der Waals surface area (Å²) in [5.41, 5.74) is -0.707. The van der Waals surface area contributed by atoms with Crippen LogP contribution in [0, 0.1) is 0 Å². The lowest BCUT2D eigenvalue weighted by Gasteiger charge is -2.34. The molecule has 0 aliphatic carbocycles. The number of hydrogen-bond donors (Lipinski definition) is 3. The maximum absolute atomic E-state index is 12.4. The molecule has 2 aliphatic rings. The number of rotatable bonds is 4. The molecule has 3 N–H and O–H groups in total. The molecule has 1 fully saturated rings. The molecule has 1 aromatic carbocycles. The number of carbonyl (C=O) groups is 3. The summed E-state index contributed by atoms with van der Waals surface area (Å²) < 4.78 is 5.18. The van der Waals surface area contributed by atoms with Gasteiger partial charge in [-0.05, 0) is 18.2 Å². The first kappa shape index (κ1) is 18.0. The summed E-state index contributed by atoms with van der Waals surface area (Å²) in [5, 5.41) is 14.7. The van der Waals surface area contributed by atoms with E-state index in [1.54, 1.807) is 18.2 Å². The van der Waals surface area contributed by atoms with Crippen LogP contribution in [0.15, 0.2) is 23.1 Å². The average molecular weight is 385 g/mol. The number of carboxylic acids is 1. The van der Waals surface area contributed by atoms with Crippen molar-refractivity contribution in [1.82, 2.24) is 5.32 Å². The van der Waals surface area contributed by atoms with E-state index in [-0.39, 0.29) is 38.4 Å². The molecule has 9 heteroatoms. The topological polar surface area (TPSA) is 105 Å². The van der Waals surface area contributed by atoms with Gasteiger partial charge in [0.05, 0.1) is 10.9 Å². The zero-order chi connectivity index (χ0) is 18.0. The van der Waals surface area contributed by atoms with Crippen LogP contribution in [-0.4, -0.2) is 46.9 Å². The van der Waals surface area contributed by atoms with Crippen molar-refractivity contribution in [2.24, 2.45) is 0 Å². The van der Waals surface area contributed by atoms with Crippen LogP contribution in [-0.2, 0) is 19.1 Å². The van der Waals surface area contributed by atoms with Gasteiger partial charge in [-0.15, -0.1) is 11.8 Å². The quantitative estimate of drug-likeness (QED) is 0.732. The second-order valence-corrected chi connectivity index (χ2v) is 7.67. The van der Waals surface area contributed by atoms with Crippen molar-refractivity contribution < 1.29 is 24.2 Å². The lowest BCUT2D eigenvalue weighted by atomic mass is 9.90. The maximum atomic E-state index is 12.4. The first-order valence-electron chi connectivity index (χ1n) is 7.79. The minimum absolute atomic E-state index is 0.103. The molecule has 0 aromatic heterocycles. The van der Waals surface area contributed by atoms with Crippen molar-refractivity contribution in [3.63, 3.8) is 0 Å². The number of halogens is 1. The number of carboxylic acid groups (broad SMARTS) is 1. The van der Waals surface area contributed by atoms with E-state index in [2.05, 4.69) is 10.6 Å². The summed E-state index contributed by atoms with van der Waals surface area (Å²) in [6.45, 7) is 0.554. The number of thioether (sulfide) groups is 1. The predicted octanol–water partition coefficient (Wildman–Crippen LogP) is 1.89. The zero-order valence-corrected chi connectivity index (χ0v) is 14.8. The highest BCUT2D eigenvalue weighted by atomic mass is 35.5. The number of hydrogen-bond acceptors (Lipinski definition) is 5. The molecule has 2 heterocycles. The Balaban J connectivity index is 1.67. The highest BCUT2D eigenvalue weighted by Gasteiger charge is 2.42. The van der Waals surface area contributed by atoms with Gasteiger partial charge in [-0.1, -0.05) is 11.6 Å². The number of carbonyl (C=O) groups excluding carboxylic acids is 2. The molecule has 25 heavy (non-hydrogen) atoms. The van der Waals surface area contributed by atoms with Crippen LogP contribution in [0.2, 0.25) is 5.02 Å². The molecule has 2 amide bonds. The molecule has 0 saturated carbocycles. The molecule has 134 valence electrons. The first-order chi connectivity index (χ1) is 11.9. The summed E-state index contributed by atoms with van der Waals surface area (Å²) in [5.74, 6) is -1.84. The van der Waals surface area contributed by atoms with Crippen LogP contribution in [0.1, 0.15) is 19.3 Å². The molecule has 3 rings (SSSR count). The fourth-order valence-corrected chi connectivity index (χ4v) is 4.12. The number of aliphatic carboxylic acids is 1. The summed E-state index contributed by atoms with van der Waals surface area (Å²) in [7, 11) is 0. The third-order valence-corrected chi connectivity index (χ3v) is 5.78. The number of nitrogens with one attached hydrogen (secondary N) is 2. The average Bonchev–Trinajstić information content (AvgIpc) is 2.56. The number of ether oxygens (including phenoxy) is 1. The highest BCUT2D eigenvalue weighted by Crippen LogP contribution is 2.38. The molecule has 0 spiro atoms. The molecule has 7 nitrogen and oxygen atoms in total. The normalized spacial score (nSPS) is 21.8. The third kappa shape index (κ3) is 3.91.